The number of hydrazone groups is 1. The average molecular weight is 415 g/mol. The van der Waals surface area contributed by atoms with Crippen LogP contribution in [0.4, 0.5) is 5.69 Å². The van der Waals surface area contributed by atoms with Gasteiger partial charge in [0.25, 0.3) is 5.91 Å². The lowest BCUT2D eigenvalue weighted by atomic mass is 10.2. The third kappa shape index (κ3) is 5.62. The molecule has 0 saturated carbocycles. The molecule has 136 valence electrons. The molecule has 0 atom stereocenters. The second-order valence-corrected chi connectivity index (χ2v) is 6.16. The second kappa shape index (κ2) is 9.43. The first-order chi connectivity index (χ1) is 12.4. The third-order valence-electron chi connectivity index (χ3n) is 3.03. The van der Waals surface area contributed by atoms with Crippen LogP contribution in [0.1, 0.15) is 17.3 Å². The predicted molar refractivity (Wildman–Crippen MR) is 103 cm³/mol. The number of carbonyl (C=O) groups is 2. The van der Waals surface area contributed by atoms with Crippen LogP contribution in [0.2, 0.25) is 15.1 Å². The predicted octanol–water partition coefficient (Wildman–Crippen LogP) is 4.37. The quantitative estimate of drug-likeness (QED) is 0.337. The molecule has 26 heavy (non-hydrogen) atoms. The van der Waals surface area contributed by atoms with E-state index in [9.17, 15) is 9.59 Å². The molecule has 9 heteroatoms. The van der Waals surface area contributed by atoms with Crippen molar-refractivity contribution in [3.8, 4) is 0 Å². The van der Waals surface area contributed by atoms with Crippen LogP contribution in [0.3, 0.4) is 0 Å². The molecule has 0 bridgehead atoms. The van der Waals surface area contributed by atoms with Crippen LogP contribution in [-0.2, 0) is 9.53 Å². The number of esters is 1. The van der Waals surface area contributed by atoms with Crippen molar-refractivity contribution < 1.29 is 14.3 Å². The van der Waals surface area contributed by atoms with E-state index in [1.54, 1.807) is 31.2 Å². The van der Waals surface area contributed by atoms with Gasteiger partial charge in [0.15, 0.2) is 0 Å². The summed E-state index contributed by atoms with van der Waals surface area (Å²) >= 11 is 17.7. The van der Waals surface area contributed by atoms with E-state index in [1.165, 1.54) is 18.2 Å². The Bertz CT molecular complexity index is 839. The molecule has 0 unspecified atom stereocenters. The van der Waals surface area contributed by atoms with Crippen molar-refractivity contribution in [2.75, 3.05) is 12.0 Å². The van der Waals surface area contributed by atoms with E-state index in [0.717, 1.165) is 0 Å². The second-order valence-electron chi connectivity index (χ2n) is 4.88. The number of ether oxygens (including phenoxy) is 1. The van der Waals surface area contributed by atoms with Gasteiger partial charge in [0, 0.05) is 15.6 Å². The summed E-state index contributed by atoms with van der Waals surface area (Å²) in [7, 11) is 0. The topological polar surface area (TPSA) is 79.8 Å². The summed E-state index contributed by atoms with van der Waals surface area (Å²) in [6.07, 6.45) is 0. The van der Waals surface area contributed by atoms with Gasteiger partial charge in [-0.15, -0.1) is 5.10 Å². The molecule has 2 rings (SSSR count). The van der Waals surface area contributed by atoms with E-state index >= 15 is 0 Å². The molecule has 2 aromatic carbocycles. The number of amidine groups is 1. The summed E-state index contributed by atoms with van der Waals surface area (Å²) in [5.74, 6) is -1.66. The monoisotopic (exact) mass is 413 g/mol. The maximum Gasteiger partial charge on any atom is 0.376 e. The van der Waals surface area contributed by atoms with E-state index in [1.807, 2.05) is 0 Å². The van der Waals surface area contributed by atoms with Crippen molar-refractivity contribution in [2.24, 2.45) is 5.10 Å². The van der Waals surface area contributed by atoms with Gasteiger partial charge < -0.3 is 4.74 Å². The van der Waals surface area contributed by atoms with Crippen LogP contribution >= 0.6 is 34.8 Å². The number of carbonyl (C=O) groups excluding carboxylic acids is 2. The minimum atomic E-state index is -0.799. The largest absolute Gasteiger partial charge is 0.460 e. The van der Waals surface area contributed by atoms with Gasteiger partial charge in [-0.3, -0.25) is 15.5 Å². The molecule has 0 heterocycles. The van der Waals surface area contributed by atoms with Crippen molar-refractivity contribution in [1.29, 1.82) is 0 Å². The molecule has 1 amide bonds. The molecular weight excluding hydrogens is 401 g/mol. The van der Waals surface area contributed by atoms with E-state index in [4.69, 9.17) is 39.5 Å². The number of amides is 1. The van der Waals surface area contributed by atoms with Gasteiger partial charge in [-0.2, -0.15) is 0 Å². The van der Waals surface area contributed by atoms with Crippen molar-refractivity contribution in [2.45, 2.75) is 6.92 Å². The first-order valence-electron chi connectivity index (χ1n) is 7.43. The molecule has 0 aromatic heterocycles. The van der Waals surface area contributed by atoms with E-state index < -0.39 is 11.9 Å². The van der Waals surface area contributed by atoms with E-state index in [0.29, 0.717) is 26.3 Å². The highest BCUT2D eigenvalue weighted by Gasteiger charge is 2.18. The maximum absolute atomic E-state index is 12.3. The number of hydrogen-bond acceptors (Lipinski definition) is 5. The van der Waals surface area contributed by atoms with Gasteiger partial charge >= 0.3 is 5.97 Å². The lowest BCUT2D eigenvalue weighted by Crippen LogP contribution is -2.38. The molecule has 0 radical (unpaired) electrons. The molecule has 0 spiro atoms. The summed E-state index contributed by atoms with van der Waals surface area (Å²) in [4.78, 5) is 24.3. The minimum Gasteiger partial charge on any atom is -0.460 e. The van der Waals surface area contributed by atoms with Gasteiger partial charge in [0.2, 0.25) is 5.84 Å². The molecule has 2 N–H and O–H groups in total. The zero-order chi connectivity index (χ0) is 19.1. The number of benzene rings is 2. The summed E-state index contributed by atoms with van der Waals surface area (Å²) in [6, 6.07) is 10.8. The Balaban J connectivity index is 2.20. The van der Waals surface area contributed by atoms with Crippen LogP contribution in [0, 0.1) is 0 Å². The van der Waals surface area contributed by atoms with Crippen LogP contribution < -0.4 is 10.7 Å². The fourth-order valence-corrected chi connectivity index (χ4v) is 2.38. The van der Waals surface area contributed by atoms with Crippen LogP contribution in [-0.4, -0.2) is 24.3 Å². The number of halogens is 3. The molecule has 0 saturated heterocycles. The Morgan fingerprint density at radius 1 is 1.04 bits per heavy atom. The molecule has 2 aromatic rings. The molecule has 6 nitrogen and oxygen atoms in total. The van der Waals surface area contributed by atoms with Crippen molar-refractivity contribution in [3.05, 3.63) is 63.1 Å². The number of hydrogen-bond donors (Lipinski definition) is 2. The van der Waals surface area contributed by atoms with Crippen LogP contribution in [0.15, 0.2) is 47.6 Å². The average Bonchev–Trinajstić information content (AvgIpc) is 2.60. The Labute approximate surface area is 165 Å². The molecular formula is C17H14Cl3N3O3. The van der Waals surface area contributed by atoms with Gasteiger partial charge in [-0.05, 0) is 49.4 Å². The standard InChI is InChI=1S/C17H14Cl3N3O3/c1-2-26-17(25)15(21-16(24)10-3-5-11(18)6-4-10)23-22-14-8-7-12(19)9-13(14)20/h3-9,22H,2H2,1H3,(H,21,23,24). The van der Waals surface area contributed by atoms with Crippen LogP contribution in [0.5, 0.6) is 0 Å². The molecule has 0 fully saturated rings. The normalized spacial score (nSPS) is 11.0. The third-order valence-corrected chi connectivity index (χ3v) is 3.83. The first kappa shape index (κ1) is 20.0. The van der Waals surface area contributed by atoms with Gasteiger partial charge in [-0.1, -0.05) is 34.8 Å². The minimum absolute atomic E-state index is 0.121. The zero-order valence-electron chi connectivity index (χ0n) is 13.6. The Hall–Kier alpha value is -2.28. The molecule has 0 aliphatic carbocycles. The highest BCUT2D eigenvalue weighted by atomic mass is 35.5. The number of nitrogens with zero attached hydrogens (tertiary/aromatic N) is 1. The van der Waals surface area contributed by atoms with E-state index in [2.05, 4.69) is 15.8 Å². The first-order valence-corrected chi connectivity index (χ1v) is 8.57. The maximum atomic E-state index is 12.3. The summed E-state index contributed by atoms with van der Waals surface area (Å²) < 4.78 is 4.90. The summed E-state index contributed by atoms with van der Waals surface area (Å²) in [5, 5.41) is 7.53. The summed E-state index contributed by atoms with van der Waals surface area (Å²) in [5.41, 5.74) is 3.31. The van der Waals surface area contributed by atoms with E-state index in [-0.39, 0.29) is 12.4 Å². The Kier molecular flexibility index (Phi) is 7.26. The Morgan fingerprint density at radius 3 is 2.31 bits per heavy atom. The number of nitrogens with one attached hydrogen (secondary N) is 2. The molecule has 0 aliphatic rings. The van der Waals surface area contributed by atoms with Crippen molar-refractivity contribution >= 4 is 58.2 Å². The van der Waals surface area contributed by atoms with Crippen molar-refractivity contribution in [3.63, 3.8) is 0 Å². The Morgan fingerprint density at radius 2 is 1.69 bits per heavy atom. The van der Waals surface area contributed by atoms with Gasteiger partial charge in [0.05, 0.1) is 17.3 Å². The fourth-order valence-electron chi connectivity index (χ4n) is 1.80. The van der Waals surface area contributed by atoms with Gasteiger partial charge in [0.1, 0.15) is 0 Å². The highest BCUT2D eigenvalue weighted by Crippen LogP contribution is 2.25. The lowest BCUT2D eigenvalue weighted by molar-refractivity contribution is -0.135. The smallest absolute Gasteiger partial charge is 0.376 e. The van der Waals surface area contributed by atoms with Gasteiger partial charge in [-0.25, -0.2) is 4.79 Å². The van der Waals surface area contributed by atoms with Crippen molar-refractivity contribution in [1.82, 2.24) is 5.32 Å². The SMILES string of the molecule is CCOC(=O)/C(=N/Nc1ccc(Cl)cc1Cl)NC(=O)c1ccc(Cl)cc1. The molecule has 0 aliphatic heterocycles. The zero-order valence-corrected chi connectivity index (χ0v) is 15.8. The highest BCUT2D eigenvalue weighted by molar-refractivity contribution is 6.39. The number of anilines is 1. The summed E-state index contributed by atoms with van der Waals surface area (Å²) in [6.45, 7) is 1.76. The lowest BCUT2D eigenvalue weighted by Gasteiger charge is -2.10. The number of rotatable bonds is 4. The fraction of sp³-hybridized carbons (Fsp3) is 0.118. The van der Waals surface area contributed by atoms with Crippen LogP contribution in [0.25, 0.3) is 0 Å².